The van der Waals surface area contributed by atoms with Gasteiger partial charge in [0.05, 0.1) is 31.0 Å². The van der Waals surface area contributed by atoms with Gasteiger partial charge in [-0.05, 0) is 55.4 Å². The lowest BCUT2D eigenvalue weighted by Crippen LogP contribution is -2.42. The largest absolute Gasteiger partial charge is 0.376 e. The minimum atomic E-state index is -0.424. The standard InChI is InChI=1S/C17H34O5/c1-10(2)18-9-14-15(19-11(3)4)16(20-12(5)6)17(22-14)21-13(7)8/h10-17H,9H2,1-8H3/t14-,15-,16+,17?/m1/s1. The lowest BCUT2D eigenvalue weighted by molar-refractivity contribution is -0.205. The van der Waals surface area contributed by atoms with Crippen LogP contribution in [-0.2, 0) is 23.7 Å². The highest BCUT2D eigenvalue weighted by Crippen LogP contribution is 2.30. The molecule has 0 N–H and O–H groups in total. The fraction of sp³-hybridized carbons (Fsp3) is 1.00. The molecule has 0 bridgehead atoms. The summed E-state index contributed by atoms with van der Waals surface area (Å²) in [6.07, 6.45) is -0.661. The van der Waals surface area contributed by atoms with E-state index in [4.69, 9.17) is 23.7 Å². The van der Waals surface area contributed by atoms with Gasteiger partial charge in [-0.3, -0.25) is 0 Å². The molecule has 5 heteroatoms. The van der Waals surface area contributed by atoms with Crippen molar-refractivity contribution in [2.24, 2.45) is 0 Å². The van der Waals surface area contributed by atoms with Gasteiger partial charge < -0.3 is 23.7 Å². The van der Waals surface area contributed by atoms with Crippen molar-refractivity contribution in [3.8, 4) is 0 Å². The average molecular weight is 318 g/mol. The molecular weight excluding hydrogens is 284 g/mol. The van der Waals surface area contributed by atoms with E-state index in [9.17, 15) is 0 Å². The molecule has 0 amide bonds. The van der Waals surface area contributed by atoms with E-state index in [0.717, 1.165) is 0 Å². The van der Waals surface area contributed by atoms with Gasteiger partial charge in [-0.2, -0.15) is 0 Å². The van der Waals surface area contributed by atoms with Gasteiger partial charge in [-0.15, -0.1) is 0 Å². The highest BCUT2D eigenvalue weighted by molar-refractivity contribution is 4.90. The molecule has 1 rings (SSSR count). The third-order valence-corrected chi connectivity index (χ3v) is 3.13. The molecule has 1 fully saturated rings. The predicted molar refractivity (Wildman–Crippen MR) is 86.0 cm³/mol. The van der Waals surface area contributed by atoms with Crippen LogP contribution in [0.5, 0.6) is 0 Å². The van der Waals surface area contributed by atoms with Crippen molar-refractivity contribution in [1.82, 2.24) is 0 Å². The summed E-state index contributed by atoms with van der Waals surface area (Å²) in [7, 11) is 0. The molecule has 0 aromatic carbocycles. The number of rotatable bonds is 9. The summed E-state index contributed by atoms with van der Waals surface area (Å²) < 4.78 is 29.8. The zero-order valence-electron chi connectivity index (χ0n) is 15.4. The molecule has 5 nitrogen and oxygen atoms in total. The van der Waals surface area contributed by atoms with E-state index in [-0.39, 0.29) is 42.7 Å². The van der Waals surface area contributed by atoms with Gasteiger partial charge in [0.2, 0.25) is 0 Å². The van der Waals surface area contributed by atoms with Gasteiger partial charge in [0.1, 0.15) is 18.3 Å². The van der Waals surface area contributed by atoms with Crippen LogP contribution in [0, 0.1) is 0 Å². The Kier molecular flexibility index (Phi) is 8.28. The first-order chi connectivity index (χ1) is 10.2. The van der Waals surface area contributed by atoms with E-state index in [1.165, 1.54) is 0 Å². The van der Waals surface area contributed by atoms with Crippen molar-refractivity contribution in [2.75, 3.05) is 6.61 Å². The highest BCUT2D eigenvalue weighted by atomic mass is 16.7. The van der Waals surface area contributed by atoms with Gasteiger partial charge in [0, 0.05) is 0 Å². The maximum absolute atomic E-state index is 6.07. The molecule has 1 aliphatic heterocycles. The van der Waals surface area contributed by atoms with Crippen LogP contribution in [-0.4, -0.2) is 55.6 Å². The van der Waals surface area contributed by atoms with Crippen LogP contribution in [0.3, 0.4) is 0 Å². The minimum absolute atomic E-state index is 0.0627. The zero-order chi connectivity index (χ0) is 16.9. The summed E-state index contributed by atoms with van der Waals surface area (Å²) in [5, 5.41) is 0. The van der Waals surface area contributed by atoms with Crippen molar-refractivity contribution in [1.29, 1.82) is 0 Å². The first-order valence-electron chi connectivity index (χ1n) is 8.44. The lowest BCUT2D eigenvalue weighted by atomic mass is 10.1. The second kappa shape index (κ2) is 9.18. The first-order valence-corrected chi connectivity index (χ1v) is 8.44. The normalized spacial score (nSPS) is 29.5. The van der Waals surface area contributed by atoms with Crippen molar-refractivity contribution in [3.63, 3.8) is 0 Å². The summed E-state index contributed by atoms with van der Waals surface area (Å²) in [5.41, 5.74) is 0. The SMILES string of the molecule is CC(C)OC[C@H]1OC(OC(C)C)[C@@H](OC(C)C)[C@@H]1OC(C)C. The second-order valence-corrected chi connectivity index (χ2v) is 6.91. The molecule has 0 aromatic heterocycles. The van der Waals surface area contributed by atoms with Gasteiger partial charge in [0.15, 0.2) is 6.29 Å². The Balaban J connectivity index is 2.85. The summed E-state index contributed by atoms with van der Waals surface area (Å²) in [5.74, 6) is 0. The molecule has 1 heterocycles. The lowest BCUT2D eigenvalue weighted by Gasteiger charge is -2.28. The van der Waals surface area contributed by atoms with E-state index in [2.05, 4.69) is 0 Å². The quantitative estimate of drug-likeness (QED) is 0.653. The molecule has 0 saturated carbocycles. The third kappa shape index (κ3) is 6.50. The second-order valence-electron chi connectivity index (χ2n) is 6.91. The van der Waals surface area contributed by atoms with Gasteiger partial charge in [0.25, 0.3) is 0 Å². The number of hydrogen-bond acceptors (Lipinski definition) is 5. The molecule has 0 spiro atoms. The molecular formula is C17H34O5. The van der Waals surface area contributed by atoms with Crippen molar-refractivity contribution < 1.29 is 23.7 Å². The van der Waals surface area contributed by atoms with E-state index < -0.39 is 6.29 Å². The first kappa shape index (κ1) is 19.8. The Labute approximate surface area is 135 Å². The van der Waals surface area contributed by atoms with Crippen LogP contribution in [0.25, 0.3) is 0 Å². The minimum Gasteiger partial charge on any atom is -0.376 e. The number of ether oxygens (including phenoxy) is 5. The molecule has 132 valence electrons. The van der Waals surface area contributed by atoms with Crippen LogP contribution in [0.2, 0.25) is 0 Å². The van der Waals surface area contributed by atoms with E-state index >= 15 is 0 Å². The molecule has 0 radical (unpaired) electrons. The smallest absolute Gasteiger partial charge is 0.187 e. The maximum atomic E-state index is 6.07. The molecule has 22 heavy (non-hydrogen) atoms. The third-order valence-electron chi connectivity index (χ3n) is 3.13. The molecule has 1 aliphatic rings. The molecule has 0 aliphatic carbocycles. The fourth-order valence-corrected chi connectivity index (χ4v) is 2.43. The Morgan fingerprint density at radius 3 is 1.64 bits per heavy atom. The molecule has 4 atom stereocenters. The maximum Gasteiger partial charge on any atom is 0.187 e. The summed E-state index contributed by atoms with van der Waals surface area (Å²) >= 11 is 0. The van der Waals surface area contributed by atoms with E-state index in [0.29, 0.717) is 6.61 Å². The summed E-state index contributed by atoms with van der Waals surface area (Å²) in [6.45, 7) is 16.5. The average Bonchev–Trinajstić information content (AvgIpc) is 2.63. The van der Waals surface area contributed by atoms with Crippen LogP contribution >= 0.6 is 0 Å². The van der Waals surface area contributed by atoms with Crippen LogP contribution < -0.4 is 0 Å². The van der Waals surface area contributed by atoms with Gasteiger partial charge in [-0.1, -0.05) is 0 Å². The van der Waals surface area contributed by atoms with E-state index in [1.54, 1.807) is 0 Å². The van der Waals surface area contributed by atoms with Crippen LogP contribution in [0.1, 0.15) is 55.4 Å². The Morgan fingerprint density at radius 1 is 0.682 bits per heavy atom. The molecule has 0 aromatic rings. The van der Waals surface area contributed by atoms with Crippen molar-refractivity contribution in [3.05, 3.63) is 0 Å². The topological polar surface area (TPSA) is 46.2 Å². The predicted octanol–water partition coefficient (Wildman–Crippen LogP) is 3.15. The molecule has 1 saturated heterocycles. The monoisotopic (exact) mass is 318 g/mol. The Hall–Kier alpha value is -0.200. The summed E-state index contributed by atoms with van der Waals surface area (Å²) in [4.78, 5) is 0. The van der Waals surface area contributed by atoms with Crippen LogP contribution in [0.15, 0.2) is 0 Å². The van der Waals surface area contributed by atoms with Gasteiger partial charge in [-0.25, -0.2) is 0 Å². The Bertz CT molecular complexity index is 303. The summed E-state index contributed by atoms with van der Waals surface area (Å²) in [6, 6.07) is 0. The number of hydrogen-bond donors (Lipinski definition) is 0. The zero-order valence-corrected chi connectivity index (χ0v) is 15.4. The van der Waals surface area contributed by atoms with Crippen molar-refractivity contribution >= 4 is 0 Å². The molecule has 1 unspecified atom stereocenters. The van der Waals surface area contributed by atoms with E-state index in [1.807, 2.05) is 55.4 Å². The highest BCUT2D eigenvalue weighted by Gasteiger charge is 2.48. The fourth-order valence-electron chi connectivity index (χ4n) is 2.43. The van der Waals surface area contributed by atoms with Crippen molar-refractivity contribution in [2.45, 2.75) is 104 Å². The van der Waals surface area contributed by atoms with Crippen LogP contribution in [0.4, 0.5) is 0 Å². The Morgan fingerprint density at radius 2 is 1.18 bits per heavy atom. The van der Waals surface area contributed by atoms with Gasteiger partial charge >= 0.3 is 0 Å².